The lowest BCUT2D eigenvalue weighted by Gasteiger charge is -2.45. The van der Waals surface area contributed by atoms with E-state index in [1.54, 1.807) is 0 Å². The molecule has 54 heavy (non-hydrogen) atoms. The third-order valence-electron chi connectivity index (χ3n) is 11.0. The Morgan fingerprint density at radius 2 is 0.667 bits per heavy atom. The Labute approximate surface area is 315 Å². The minimum absolute atomic E-state index is 0.119. The second-order valence-electron chi connectivity index (χ2n) is 14.0. The van der Waals surface area contributed by atoms with Gasteiger partial charge in [-0.15, -0.1) is 0 Å². The fourth-order valence-electron chi connectivity index (χ4n) is 8.87. The Hall–Kier alpha value is -6.91. The van der Waals surface area contributed by atoms with E-state index in [0.29, 0.717) is 23.0 Å². The molecule has 0 saturated carbocycles. The van der Waals surface area contributed by atoms with Crippen molar-refractivity contribution in [2.75, 3.05) is 9.80 Å². The molecule has 252 valence electrons. The molecule has 0 spiro atoms. The van der Waals surface area contributed by atoms with Gasteiger partial charge < -0.3 is 19.3 Å². The summed E-state index contributed by atoms with van der Waals surface area (Å²) in [7, 11) is 0. The summed E-state index contributed by atoms with van der Waals surface area (Å²) in [6.07, 6.45) is 0. The normalized spacial score (nSPS) is 13.3. The Morgan fingerprint density at radius 1 is 0.333 bits per heavy atom. The van der Waals surface area contributed by atoms with Gasteiger partial charge in [-0.1, -0.05) is 157 Å². The number of hydrogen-bond acceptors (Lipinski definition) is 4. The third-order valence-corrected chi connectivity index (χ3v) is 11.0. The Bertz CT molecular complexity index is 2500. The van der Waals surface area contributed by atoms with Crippen molar-refractivity contribution in [3.8, 4) is 23.0 Å². The first-order valence-corrected chi connectivity index (χ1v) is 18.5. The van der Waals surface area contributed by atoms with Crippen LogP contribution in [0.5, 0.6) is 23.0 Å². The first-order valence-electron chi connectivity index (χ1n) is 18.5. The summed E-state index contributed by atoms with van der Waals surface area (Å²) in [4.78, 5) is 4.80. The highest BCUT2D eigenvalue weighted by atomic mass is 16.6. The molecule has 4 nitrogen and oxygen atoms in total. The summed E-state index contributed by atoms with van der Waals surface area (Å²) >= 11 is 0. The monoisotopic (exact) mass is 690 g/mol. The van der Waals surface area contributed by atoms with E-state index < -0.39 is 0 Å². The average Bonchev–Trinajstić information content (AvgIpc) is 3.25. The maximum absolute atomic E-state index is 7.21. The van der Waals surface area contributed by atoms with Gasteiger partial charge in [-0.05, 0) is 70.4 Å². The molecule has 3 aliphatic heterocycles. The highest BCUT2D eigenvalue weighted by Gasteiger charge is 2.49. The molecule has 0 aliphatic carbocycles. The Morgan fingerprint density at radius 3 is 1.07 bits per heavy atom. The van der Waals surface area contributed by atoms with E-state index >= 15 is 0 Å². The Balaban J connectivity index is 1.37. The predicted octanol–water partition coefficient (Wildman–Crippen LogP) is 8.18. The van der Waals surface area contributed by atoms with Crippen molar-refractivity contribution < 1.29 is 9.47 Å². The number of para-hydroxylation sites is 6. The lowest BCUT2D eigenvalue weighted by Crippen LogP contribution is -2.69. The number of benzene rings is 8. The molecule has 0 amide bonds. The van der Waals surface area contributed by atoms with Gasteiger partial charge in [0, 0.05) is 22.7 Å². The van der Waals surface area contributed by atoms with Crippen molar-refractivity contribution in [1.29, 1.82) is 0 Å². The summed E-state index contributed by atoms with van der Waals surface area (Å²) in [5, 5.41) is 0. The molecule has 0 radical (unpaired) electrons. The fourth-order valence-corrected chi connectivity index (χ4v) is 8.87. The molecule has 11 rings (SSSR count). The van der Waals surface area contributed by atoms with Crippen LogP contribution in [-0.4, -0.2) is 13.4 Å². The van der Waals surface area contributed by atoms with Gasteiger partial charge in [0.2, 0.25) is 13.4 Å². The van der Waals surface area contributed by atoms with Gasteiger partial charge in [0.15, 0.2) is 23.0 Å². The van der Waals surface area contributed by atoms with E-state index in [1.807, 2.05) is 24.3 Å². The van der Waals surface area contributed by atoms with Gasteiger partial charge >= 0.3 is 0 Å². The second kappa shape index (κ2) is 12.4. The smallest absolute Gasteiger partial charge is 0.246 e. The van der Waals surface area contributed by atoms with E-state index in [2.05, 4.69) is 180 Å². The third kappa shape index (κ3) is 4.60. The van der Waals surface area contributed by atoms with Gasteiger partial charge in [0.05, 0.1) is 11.4 Å². The zero-order valence-electron chi connectivity index (χ0n) is 29.3. The van der Waals surface area contributed by atoms with Crippen LogP contribution in [0.25, 0.3) is 0 Å². The van der Waals surface area contributed by atoms with E-state index in [9.17, 15) is 0 Å². The van der Waals surface area contributed by atoms with Crippen LogP contribution in [0.15, 0.2) is 194 Å². The lowest BCUT2D eigenvalue weighted by atomic mass is 9.26. The zero-order valence-corrected chi connectivity index (χ0v) is 29.3. The van der Waals surface area contributed by atoms with Crippen LogP contribution in [0.4, 0.5) is 34.1 Å². The number of hydrogen-bond donors (Lipinski definition) is 0. The highest BCUT2D eigenvalue weighted by molar-refractivity contribution is 7.07. The number of nitrogens with zero attached hydrogens (tertiary/aromatic N) is 2. The van der Waals surface area contributed by atoms with Crippen LogP contribution in [0, 0.1) is 0 Å². The van der Waals surface area contributed by atoms with Gasteiger partial charge in [-0.2, -0.15) is 0 Å². The molecule has 0 saturated heterocycles. The van der Waals surface area contributed by atoms with Gasteiger partial charge in [-0.3, -0.25) is 0 Å². The molecule has 8 aromatic carbocycles. The number of rotatable bonds is 4. The number of fused-ring (bicyclic) bond motifs is 9. The fraction of sp³-hybridized carbons (Fsp3) is 0. The molecule has 0 unspecified atom stereocenters. The van der Waals surface area contributed by atoms with Crippen molar-refractivity contribution in [2.45, 2.75) is 0 Å². The van der Waals surface area contributed by atoms with Crippen molar-refractivity contribution in [3.63, 3.8) is 0 Å². The van der Waals surface area contributed by atoms with Crippen molar-refractivity contribution in [3.05, 3.63) is 194 Å². The van der Waals surface area contributed by atoms with Crippen molar-refractivity contribution in [2.24, 2.45) is 0 Å². The predicted molar refractivity (Wildman–Crippen MR) is 225 cm³/mol. The van der Waals surface area contributed by atoms with Crippen LogP contribution >= 0.6 is 0 Å². The van der Waals surface area contributed by atoms with Crippen LogP contribution in [0.1, 0.15) is 0 Å². The summed E-state index contributed by atoms with van der Waals surface area (Å²) in [6.45, 7) is -0.238. The SMILES string of the molecule is c1ccc(B2c3ccccc3N(c3ccccc3)c3c4c(c5c(c32)B(c2ccccc2)c2ccccc2N5c2ccccc2)Oc2ccccc2O4)cc1. The first kappa shape index (κ1) is 30.7. The largest absolute Gasteiger partial charge is 0.447 e. The minimum atomic E-state index is -0.119. The van der Waals surface area contributed by atoms with E-state index in [1.165, 1.54) is 32.8 Å². The molecule has 6 heteroatoms. The van der Waals surface area contributed by atoms with Gasteiger partial charge in [0.25, 0.3) is 0 Å². The molecule has 3 heterocycles. The Kier molecular flexibility index (Phi) is 7.02. The summed E-state index contributed by atoms with van der Waals surface area (Å²) in [5.41, 5.74) is 13.6. The van der Waals surface area contributed by atoms with Crippen LogP contribution in [0.3, 0.4) is 0 Å². The lowest BCUT2D eigenvalue weighted by molar-refractivity contribution is 0.362. The van der Waals surface area contributed by atoms with Crippen LogP contribution < -0.4 is 52.1 Å². The minimum Gasteiger partial charge on any atom is -0.447 e. The molecule has 0 N–H and O–H groups in total. The van der Waals surface area contributed by atoms with E-state index in [0.717, 1.165) is 34.1 Å². The maximum atomic E-state index is 7.21. The van der Waals surface area contributed by atoms with E-state index in [-0.39, 0.29) is 13.4 Å². The standard InChI is InChI=1S/C48H32B2N2O2/c1-5-19-33(20-6-1)49-37-27-13-15-29-39(37)51(35-23-9-3-10-24-35)45-43(49)44-46(48-47(45)53-41-31-17-18-32-42(41)54-48)52(36-25-11-4-12-26-36)40-30-16-14-28-38(40)50(44)34-21-7-2-8-22-34/h1-32H. The van der Waals surface area contributed by atoms with Crippen molar-refractivity contribution >= 4 is 80.3 Å². The highest BCUT2D eigenvalue weighted by Crippen LogP contribution is 2.57. The number of ether oxygens (including phenoxy) is 2. The first-order chi connectivity index (χ1) is 26.8. The number of anilines is 6. The molecule has 3 aliphatic rings. The summed E-state index contributed by atoms with van der Waals surface area (Å²) in [5.74, 6) is 2.79. The topological polar surface area (TPSA) is 24.9 Å². The maximum Gasteiger partial charge on any atom is 0.246 e. The second-order valence-corrected chi connectivity index (χ2v) is 14.0. The molecular formula is C48H32B2N2O2. The molecule has 0 bridgehead atoms. The van der Waals surface area contributed by atoms with Crippen molar-refractivity contribution in [1.82, 2.24) is 0 Å². The zero-order chi connectivity index (χ0) is 35.6. The summed E-state index contributed by atoms with van der Waals surface area (Å²) < 4.78 is 14.4. The van der Waals surface area contributed by atoms with E-state index in [4.69, 9.17) is 9.47 Å². The average molecular weight is 690 g/mol. The van der Waals surface area contributed by atoms with Crippen LogP contribution in [0.2, 0.25) is 0 Å². The molecule has 0 atom stereocenters. The molecule has 8 aromatic rings. The quantitative estimate of drug-likeness (QED) is 0.174. The van der Waals surface area contributed by atoms with Crippen LogP contribution in [-0.2, 0) is 0 Å². The summed E-state index contributed by atoms with van der Waals surface area (Å²) in [6, 6.07) is 69.0. The molecule has 0 fully saturated rings. The van der Waals surface area contributed by atoms with Gasteiger partial charge in [-0.25, -0.2) is 0 Å². The van der Waals surface area contributed by atoms with Gasteiger partial charge in [0.1, 0.15) is 0 Å². The molecular weight excluding hydrogens is 658 g/mol. The molecule has 0 aromatic heterocycles.